The van der Waals surface area contributed by atoms with Gasteiger partial charge in [0.1, 0.15) is 0 Å². The molecule has 28 heavy (non-hydrogen) atoms. The zero-order valence-electron chi connectivity index (χ0n) is 16.8. The zero-order chi connectivity index (χ0) is 20.4. The molecule has 2 amide bonds. The summed E-state index contributed by atoms with van der Waals surface area (Å²) in [6.45, 7) is 6.27. The van der Waals surface area contributed by atoms with Crippen molar-refractivity contribution >= 4 is 23.6 Å². The van der Waals surface area contributed by atoms with Gasteiger partial charge < -0.3 is 9.30 Å². The van der Waals surface area contributed by atoms with Crippen LogP contribution in [0.3, 0.4) is 0 Å². The molecule has 1 aromatic heterocycles. The molecule has 7 heteroatoms. The van der Waals surface area contributed by atoms with E-state index in [1.54, 1.807) is 6.07 Å². The van der Waals surface area contributed by atoms with Crippen molar-refractivity contribution in [2.45, 2.75) is 59.4 Å². The second kappa shape index (κ2) is 8.29. The second-order valence-electron chi connectivity index (χ2n) is 7.69. The Bertz CT molecular complexity index is 786. The van der Waals surface area contributed by atoms with Gasteiger partial charge in [-0.25, -0.2) is 0 Å². The lowest BCUT2D eigenvalue weighted by Gasteiger charge is -2.19. The molecule has 1 saturated heterocycles. The number of rotatable bonds is 7. The average Bonchev–Trinajstić information content (AvgIpc) is 3.11. The van der Waals surface area contributed by atoms with Crippen LogP contribution in [0.15, 0.2) is 6.07 Å². The van der Waals surface area contributed by atoms with E-state index in [1.807, 2.05) is 25.3 Å². The predicted molar refractivity (Wildman–Crippen MR) is 102 cm³/mol. The van der Waals surface area contributed by atoms with Crippen LogP contribution in [0.5, 0.6) is 0 Å². The standard InChI is InChI=1S/C21H28N2O5/c1-4-22-13(2)11-17(14(22)3)18(24)12-28-19(25)9-10-23-20(26)15-7-5-6-8-16(15)21(23)27/h11,15-16H,4-10,12H2,1-3H3/t15-,16-/m1/s1. The average molecular weight is 388 g/mol. The molecule has 0 N–H and O–H groups in total. The fraction of sp³-hybridized carbons (Fsp3) is 0.619. The van der Waals surface area contributed by atoms with Crippen molar-refractivity contribution in [1.82, 2.24) is 9.47 Å². The number of carbonyl (C=O) groups is 4. The zero-order valence-corrected chi connectivity index (χ0v) is 16.8. The second-order valence-corrected chi connectivity index (χ2v) is 7.69. The van der Waals surface area contributed by atoms with Crippen LogP contribution in [0.1, 0.15) is 60.8 Å². The van der Waals surface area contributed by atoms with E-state index in [-0.39, 0.29) is 49.0 Å². The number of hydrogen-bond donors (Lipinski definition) is 0. The van der Waals surface area contributed by atoms with Gasteiger partial charge in [-0.3, -0.25) is 24.1 Å². The summed E-state index contributed by atoms with van der Waals surface area (Å²) in [7, 11) is 0. The summed E-state index contributed by atoms with van der Waals surface area (Å²) in [5.74, 6) is -1.58. The van der Waals surface area contributed by atoms with E-state index >= 15 is 0 Å². The van der Waals surface area contributed by atoms with Crippen LogP contribution in [-0.2, 0) is 25.7 Å². The highest BCUT2D eigenvalue weighted by Gasteiger charge is 2.47. The van der Waals surface area contributed by atoms with Gasteiger partial charge in [-0.05, 0) is 39.7 Å². The number of aromatic nitrogens is 1. The summed E-state index contributed by atoms with van der Waals surface area (Å²) in [5.41, 5.74) is 2.40. The minimum Gasteiger partial charge on any atom is -0.457 e. The number of imide groups is 1. The van der Waals surface area contributed by atoms with Gasteiger partial charge >= 0.3 is 5.97 Å². The molecular formula is C21H28N2O5. The van der Waals surface area contributed by atoms with E-state index in [0.29, 0.717) is 5.56 Å². The van der Waals surface area contributed by atoms with Gasteiger partial charge in [-0.1, -0.05) is 12.8 Å². The number of carbonyl (C=O) groups excluding carboxylic acids is 4. The van der Waals surface area contributed by atoms with Crippen LogP contribution in [0, 0.1) is 25.7 Å². The molecule has 2 fully saturated rings. The van der Waals surface area contributed by atoms with E-state index in [2.05, 4.69) is 0 Å². The third kappa shape index (κ3) is 3.75. The van der Waals surface area contributed by atoms with Crippen LogP contribution in [0.4, 0.5) is 0 Å². The van der Waals surface area contributed by atoms with Gasteiger partial charge in [-0.15, -0.1) is 0 Å². The summed E-state index contributed by atoms with van der Waals surface area (Å²) in [5, 5.41) is 0. The van der Waals surface area contributed by atoms with Crippen molar-refractivity contribution in [3.8, 4) is 0 Å². The monoisotopic (exact) mass is 388 g/mol. The number of hydrogen-bond acceptors (Lipinski definition) is 5. The van der Waals surface area contributed by atoms with Crippen molar-refractivity contribution in [2.75, 3.05) is 13.2 Å². The molecule has 2 atom stereocenters. The van der Waals surface area contributed by atoms with Crippen LogP contribution < -0.4 is 0 Å². The number of amides is 2. The maximum absolute atomic E-state index is 12.4. The van der Waals surface area contributed by atoms with Gasteiger partial charge in [-0.2, -0.15) is 0 Å². The van der Waals surface area contributed by atoms with Crippen molar-refractivity contribution < 1.29 is 23.9 Å². The number of ketones is 1. The van der Waals surface area contributed by atoms with E-state index in [4.69, 9.17) is 4.74 Å². The van der Waals surface area contributed by atoms with Crippen molar-refractivity contribution in [2.24, 2.45) is 11.8 Å². The SMILES string of the molecule is CCn1c(C)cc(C(=O)COC(=O)CCN2C(=O)[C@@H]3CCCC[C@H]3C2=O)c1C. The summed E-state index contributed by atoms with van der Waals surface area (Å²) in [4.78, 5) is 50.5. The molecule has 2 heterocycles. The molecular weight excluding hydrogens is 360 g/mol. The fourth-order valence-corrected chi connectivity index (χ4v) is 4.52. The molecule has 152 valence electrons. The lowest BCUT2D eigenvalue weighted by molar-refractivity contribution is -0.145. The van der Waals surface area contributed by atoms with Crippen LogP contribution >= 0.6 is 0 Å². The van der Waals surface area contributed by atoms with Gasteiger partial charge in [0.2, 0.25) is 17.6 Å². The Morgan fingerprint density at radius 2 is 1.71 bits per heavy atom. The first kappa shape index (κ1) is 20.3. The Hall–Kier alpha value is -2.44. The molecule has 0 unspecified atom stereocenters. The Morgan fingerprint density at radius 1 is 1.11 bits per heavy atom. The highest BCUT2D eigenvalue weighted by Crippen LogP contribution is 2.37. The summed E-state index contributed by atoms with van der Waals surface area (Å²) in [6, 6.07) is 1.80. The predicted octanol–water partition coefficient (Wildman–Crippen LogP) is 2.42. The minimum absolute atomic E-state index is 0.0298. The first-order chi connectivity index (χ1) is 13.3. The van der Waals surface area contributed by atoms with E-state index in [0.717, 1.165) is 43.6 Å². The number of nitrogens with zero attached hydrogens (tertiary/aromatic N) is 2. The molecule has 0 bridgehead atoms. The third-order valence-electron chi connectivity index (χ3n) is 6.03. The molecule has 1 saturated carbocycles. The topological polar surface area (TPSA) is 85.7 Å². The molecule has 7 nitrogen and oxygen atoms in total. The van der Waals surface area contributed by atoms with Gasteiger partial charge in [0, 0.05) is 30.0 Å². The normalized spacial score (nSPS) is 21.8. The smallest absolute Gasteiger partial charge is 0.308 e. The van der Waals surface area contributed by atoms with E-state index in [1.165, 1.54) is 4.90 Å². The lowest BCUT2D eigenvalue weighted by Crippen LogP contribution is -2.33. The maximum Gasteiger partial charge on any atom is 0.308 e. The number of esters is 1. The molecule has 0 radical (unpaired) electrons. The number of Topliss-reactive ketones (excluding diaryl/α,β-unsaturated/α-hetero) is 1. The summed E-state index contributed by atoms with van der Waals surface area (Å²) >= 11 is 0. The third-order valence-corrected chi connectivity index (χ3v) is 6.03. The highest BCUT2D eigenvalue weighted by molar-refractivity contribution is 6.05. The van der Waals surface area contributed by atoms with E-state index < -0.39 is 5.97 Å². The number of fused-ring (bicyclic) bond motifs is 1. The highest BCUT2D eigenvalue weighted by atomic mass is 16.5. The largest absolute Gasteiger partial charge is 0.457 e. The van der Waals surface area contributed by atoms with Crippen molar-refractivity contribution in [1.29, 1.82) is 0 Å². The molecule has 0 aromatic carbocycles. The number of likely N-dealkylation sites (tertiary alicyclic amines) is 1. The van der Waals surface area contributed by atoms with Crippen molar-refractivity contribution in [3.05, 3.63) is 23.0 Å². The van der Waals surface area contributed by atoms with Crippen LogP contribution in [0.25, 0.3) is 0 Å². The van der Waals surface area contributed by atoms with Crippen LogP contribution in [-0.4, -0.2) is 46.2 Å². The first-order valence-electron chi connectivity index (χ1n) is 10.1. The van der Waals surface area contributed by atoms with Gasteiger partial charge in [0.05, 0.1) is 18.3 Å². The molecule has 1 aliphatic heterocycles. The molecule has 3 rings (SSSR count). The number of aryl methyl sites for hydroxylation is 1. The van der Waals surface area contributed by atoms with Crippen LogP contribution in [0.2, 0.25) is 0 Å². The van der Waals surface area contributed by atoms with Gasteiger partial charge in [0.25, 0.3) is 0 Å². The van der Waals surface area contributed by atoms with Gasteiger partial charge in [0.15, 0.2) is 6.61 Å². The summed E-state index contributed by atoms with van der Waals surface area (Å²) < 4.78 is 7.12. The minimum atomic E-state index is -0.576. The maximum atomic E-state index is 12.4. The Morgan fingerprint density at radius 3 is 2.25 bits per heavy atom. The Kier molecular flexibility index (Phi) is 6.01. The first-order valence-corrected chi connectivity index (χ1v) is 10.1. The fourth-order valence-electron chi connectivity index (χ4n) is 4.52. The summed E-state index contributed by atoms with van der Waals surface area (Å²) in [6.07, 6.45) is 3.35. The molecule has 1 aromatic rings. The molecule has 2 aliphatic rings. The molecule has 1 aliphatic carbocycles. The Labute approximate surface area is 165 Å². The Balaban J connectivity index is 1.50. The quantitative estimate of drug-likeness (QED) is 0.407. The lowest BCUT2D eigenvalue weighted by atomic mass is 9.81. The number of ether oxygens (including phenoxy) is 1. The van der Waals surface area contributed by atoms with Crippen molar-refractivity contribution in [3.63, 3.8) is 0 Å². The van der Waals surface area contributed by atoms with E-state index in [9.17, 15) is 19.2 Å². The molecule has 0 spiro atoms.